The van der Waals surface area contributed by atoms with E-state index >= 15 is 0 Å². The fraction of sp³-hybridized carbons (Fsp3) is 0.667. The summed E-state index contributed by atoms with van der Waals surface area (Å²) in [7, 11) is 0. The molecule has 0 spiro atoms. The van der Waals surface area contributed by atoms with E-state index in [0.29, 0.717) is 11.7 Å². The summed E-state index contributed by atoms with van der Waals surface area (Å²) in [5, 5.41) is 0. The van der Waals surface area contributed by atoms with Gasteiger partial charge in [-0.3, -0.25) is 4.79 Å². The molecule has 1 aliphatic heterocycles. The number of carbonyl (C=O) groups is 1. The second-order valence-corrected chi connectivity index (χ2v) is 7.66. The maximum atomic E-state index is 12.6. The molecule has 0 atom stereocenters. The summed E-state index contributed by atoms with van der Waals surface area (Å²) in [6.45, 7) is 0. The van der Waals surface area contributed by atoms with Gasteiger partial charge in [0.15, 0.2) is 5.78 Å². The second-order valence-electron chi connectivity index (χ2n) is 5.41. The highest BCUT2D eigenvalue weighted by Gasteiger charge is 2.24. The standard InChI is InChI=1S/C15H20OS2/c16-15(11-5-3-1-2-4-6-11)14-9-12-10-17-8-7-13(12)18-14/h9,11H,1-8,10H2. The zero-order chi connectivity index (χ0) is 12.4. The van der Waals surface area contributed by atoms with E-state index in [1.807, 2.05) is 11.8 Å². The average molecular weight is 280 g/mol. The molecular formula is C15H20OS2. The van der Waals surface area contributed by atoms with Crippen LogP contribution in [0.5, 0.6) is 0 Å². The van der Waals surface area contributed by atoms with Crippen molar-refractivity contribution in [3.63, 3.8) is 0 Å². The van der Waals surface area contributed by atoms with Crippen molar-refractivity contribution in [2.75, 3.05) is 5.75 Å². The Hall–Kier alpha value is -0.280. The van der Waals surface area contributed by atoms with Crippen LogP contribution in [0, 0.1) is 5.92 Å². The van der Waals surface area contributed by atoms with E-state index in [-0.39, 0.29) is 0 Å². The number of thiophene rings is 1. The van der Waals surface area contributed by atoms with Crippen LogP contribution in [0.2, 0.25) is 0 Å². The lowest BCUT2D eigenvalue weighted by Gasteiger charge is -2.10. The van der Waals surface area contributed by atoms with Gasteiger partial charge in [0.25, 0.3) is 0 Å². The summed E-state index contributed by atoms with van der Waals surface area (Å²) < 4.78 is 0. The van der Waals surface area contributed by atoms with Gasteiger partial charge in [-0.05, 0) is 36.6 Å². The summed E-state index contributed by atoms with van der Waals surface area (Å²) in [6.07, 6.45) is 8.55. The lowest BCUT2D eigenvalue weighted by molar-refractivity contribution is 0.0912. The van der Waals surface area contributed by atoms with Crippen LogP contribution in [0.1, 0.15) is 58.6 Å². The Bertz CT molecular complexity index is 404. The Morgan fingerprint density at radius 2 is 1.94 bits per heavy atom. The van der Waals surface area contributed by atoms with Crippen molar-refractivity contribution in [3.8, 4) is 0 Å². The summed E-state index contributed by atoms with van der Waals surface area (Å²) in [6, 6.07) is 2.19. The van der Waals surface area contributed by atoms with Crippen molar-refractivity contribution in [1.29, 1.82) is 0 Å². The highest BCUT2D eigenvalue weighted by atomic mass is 32.2. The molecule has 3 heteroatoms. The maximum absolute atomic E-state index is 12.6. The van der Waals surface area contributed by atoms with Crippen molar-refractivity contribution in [1.82, 2.24) is 0 Å². The first kappa shape index (κ1) is 12.7. The Labute approximate surface area is 117 Å². The number of aryl methyl sites for hydroxylation is 1. The predicted molar refractivity (Wildman–Crippen MR) is 79.7 cm³/mol. The van der Waals surface area contributed by atoms with Crippen LogP contribution in [0.3, 0.4) is 0 Å². The molecule has 0 bridgehead atoms. The third-order valence-corrected chi connectivity index (χ3v) is 6.36. The number of thioether (sulfide) groups is 1. The minimum atomic E-state index is 0.320. The van der Waals surface area contributed by atoms with Crippen molar-refractivity contribution >= 4 is 28.9 Å². The number of rotatable bonds is 2. The van der Waals surface area contributed by atoms with Gasteiger partial charge in [0.2, 0.25) is 0 Å². The highest BCUT2D eigenvalue weighted by molar-refractivity contribution is 7.98. The fourth-order valence-electron chi connectivity index (χ4n) is 3.01. The van der Waals surface area contributed by atoms with Crippen LogP contribution in [0.25, 0.3) is 0 Å². The molecule has 0 unspecified atom stereocenters. The summed E-state index contributed by atoms with van der Waals surface area (Å²) in [5.74, 6) is 3.11. The molecule has 3 rings (SSSR count). The zero-order valence-electron chi connectivity index (χ0n) is 10.7. The van der Waals surface area contributed by atoms with Gasteiger partial charge in [0.05, 0.1) is 4.88 Å². The van der Waals surface area contributed by atoms with E-state index in [2.05, 4.69) is 6.07 Å². The molecule has 0 aromatic carbocycles. The largest absolute Gasteiger partial charge is 0.293 e. The maximum Gasteiger partial charge on any atom is 0.175 e. The highest BCUT2D eigenvalue weighted by Crippen LogP contribution is 2.34. The van der Waals surface area contributed by atoms with Crippen LogP contribution in [-0.4, -0.2) is 11.5 Å². The molecule has 1 saturated carbocycles. The molecule has 0 saturated heterocycles. The number of hydrogen-bond acceptors (Lipinski definition) is 3. The molecular weight excluding hydrogens is 260 g/mol. The van der Waals surface area contributed by atoms with Crippen LogP contribution in [0.4, 0.5) is 0 Å². The third-order valence-electron chi connectivity index (χ3n) is 4.10. The lowest BCUT2D eigenvalue weighted by atomic mass is 9.94. The van der Waals surface area contributed by atoms with Crippen LogP contribution < -0.4 is 0 Å². The van der Waals surface area contributed by atoms with Gasteiger partial charge < -0.3 is 0 Å². The van der Waals surface area contributed by atoms with E-state index in [1.165, 1.54) is 48.3 Å². The lowest BCUT2D eigenvalue weighted by Crippen LogP contribution is -2.12. The monoisotopic (exact) mass is 280 g/mol. The van der Waals surface area contributed by atoms with E-state index in [0.717, 1.165) is 23.5 Å². The normalized spacial score (nSPS) is 21.3. The Morgan fingerprint density at radius 1 is 1.17 bits per heavy atom. The number of ketones is 1. The predicted octanol–water partition coefficient (Wildman–Crippen LogP) is 4.69. The quantitative estimate of drug-likeness (QED) is 0.577. The third kappa shape index (κ3) is 2.67. The van der Waals surface area contributed by atoms with Gasteiger partial charge in [0, 0.05) is 16.5 Å². The zero-order valence-corrected chi connectivity index (χ0v) is 12.4. The summed E-state index contributed by atoms with van der Waals surface area (Å²) in [5.41, 5.74) is 1.44. The summed E-state index contributed by atoms with van der Waals surface area (Å²) in [4.78, 5) is 15.1. The fourth-order valence-corrected chi connectivity index (χ4v) is 5.40. The van der Waals surface area contributed by atoms with Gasteiger partial charge in [-0.2, -0.15) is 11.8 Å². The van der Waals surface area contributed by atoms with Gasteiger partial charge in [-0.25, -0.2) is 0 Å². The van der Waals surface area contributed by atoms with E-state index in [1.54, 1.807) is 11.3 Å². The van der Waals surface area contributed by atoms with Crippen molar-refractivity contribution in [2.45, 2.75) is 50.7 Å². The second kappa shape index (κ2) is 5.79. The van der Waals surface area contributed by atoms with Gasteiger partial charge in [0.1, 0.15) is 0 Å². The smallest absolute Gasteiger partial charge is 0.175 e. The van der Waals surface area contributed by atoms with Crippen LogP contribution in [0.15, 0.2) is 6.07 Å². The number of hydrogen-bond donors (Lipinski definition) is 0. The molecule has 2 heterocycles. The molecule has 1 aromatic rings. The molecule has 0 radical (unpaired) electrons. The van der Waals surface area contributed by atoms with Crippen molar-refractivity contribution in [3.05, 3.63) is 21.4 Å². The molecule has 1 fully saturated rings. The summed E-state index contributed by atoms with van der Waals surface area (Å²) >= 11 is 3.78. The van der Waals surface area contributed by atoms with Gasteiger partial charge >= 0.3 is 0 Å². The van der Waals surface area contributed by atoms with Crippen LogP contribution >= 0.6 is 23.1 Å². The van der Waals surface area contributed by atoms with E-state index in [4.69, 9.17) is 0 Å². The van der Waals surface area contributed by atoms with Crippen molar-refractivity contribution in [2.24, 2.45) is 5.92 Å². The molecule has 2 aliphatic rings. The average Bonchev–Trinajstić information content (AvgIpc) is 2.64. The minimum Gasteiger partial charge on any atom is -0.293 e. The Balaban J connectivity index is 1.76. The molecule has 0 amide bonds. The molecule has 1 aliphatic carbocycles. The van der Waals surface area contributed by atoms with Crippen LogP contribution in [-0.2, 0) is 12.2 Å². The van der Waals surface area contributed by atoms with Gasteiger partial charge in [-0.15, -0.1) is 11.3 Å². The molecule has 1 aromatic heterocycles. The van der Waals surface area contributed by atoms with E-state index in [9.17, 15) is 4.79 Å². The molecule has 98 valence electrons. The Kier molecular flexibility index (Phi) is 4.10. The number of Topliss-reactive ketones (excluding diaryl/α,β-unsaturated/α-hetero) is 1. The topological polar surface area (TPSA) is 17.1 Å². The van der Waals surface area contributed by atoms with Gasteiger partial charge in [-0.1, -0.05) is 25.7 Å². The first-order valence-electron chi connectivity index (χ1n) is 7.08. The van der Waals surface area contributed by atoms with E-state index < -0.39 is 0 Å². The Morgan fingerprint density at radius 3 is 2.67 bits per heavy atom. The number of fused-ring (bicyclic) bond motifs is 1. The molecule has 18 heavy (non-hydrogen) atoms. The molecule has 0 N–H and O–H groups in total. The molecule has 1 nitrogen and oxygen atoms in total. The van der Waals surface area contributed by atoms with Crippen molar-refractivity contribution < 1.29 is 4.79 Å². The first-order chi connectivity index (χ1) is 8.84. The minimum absolute atomic E-state index is 0.320. The first-order valence-corrected chi connectivity index (χ1v) is 9.05. The number of carbonyl (C=O) groups excluding carboxylic acids is 1. The SMILES string of the molecule is O=C(c1cc2c(s1)CCSC2)C1CCCCCC1.